The molecule has 0 saturated heterocycles. The molecular weight excluding hydrogens is 420 g/mol. The number of aromatic nitrogens is 3. The van der Waals surface area contributed by atoms with Crippen LogP contribution in [0.5, 0.6) is 0 Å². The summed E-state index contributed by atoms with van der Waals surface area (Å²) in [6.45, 7) is 1.97. The van der Waals surface area contributed by atoms with E-state index in [0.717, 1.165) is 6.20 Å². The summed E-state index contributed by atoms with van der Waals surface area (Å²) < 4.78 is 34.6. The first-order chi connectivity index (χ1) is 15.3. The topological polar surface area (TPSA) is 101 Å². The third-order valence-corrected chi connectivity index (χ3v) is 6.20. The normalized spacial score (nSPS) is 24.4. The Kier molecular flexibility index (Phi) is 4.54. The standard InChI is InChI=1S/C22H19F2N5O3/c1-11-14-15(11)17(21(31)29(2)18-16(14)25-8-9-26-18)28-19(30)20-27-10-13(32-20)22(23,24)12-6-4-3-5-7-12/h3-11,14-15,17H,1-2H3,(H,28,30)/t11-,14?,15?,17-/m0/s1. The number of hydrogen-bond donors (Lipinski definition) is 1. The molecule has 10 heteroatoms. The molecule has 8 nitrogen and oxygen atoms in total. The molecule has 2 amide bonds. The number of nitrogens with one attached hydrogen (secondary N) is 1. The van der Waals surface area contributed by atoms with Crippen molar-refractivity contribution in [3.05, 3.63) is 71.8 Å². The summed E-state index contributed by atoms with van der Waals surface area (Å²) in [4.78, 5) is 39.6. The van der Waals surface area contributed by atoms with E-state index in [2.05, 4.69) is 20.3 Å². The van der Waals surface area contributed by atoms with E-state index in [4.69, 9.17) is 4.42 Å². The Balaban J connectivity index is 1.39. The van der Waals surface area contributed by atoms with Gasteiger partial charge in [-0.05, 0) is 5.92 Å². The molecule has 0 radical (unpaired) electrons. The molecule has 164 valence electrons. The molecule has 0 bridgehead atoms. The van der Waals surface area contributed by atoms with Crippen molar-refractivity contribution in [1.82, 2.24) is 20.3 Å². The maximum Gasteiger partial charge on any atom is 0.331 e. The molecule has 0 spiro atoms. The Morgan fingerprint density at radius 3 is 2.62 bits per heavy atom. The van der Waals surface area contributed by atoms with Gasteiger partial charge in [-0.1, -0.05) is 37.3 Å². The fourth-order valence-electron chi connectivity index (χ4n) is 4.42. The predicted molar refractivity (Wildman–Crippen MR) is 108 cm³/mol. The molecule has 32 heavy (non-hydrogen) atoms. The lowest BCUT2D eigenvalue weighted by Crippen LogP contribution is -2.49. The van der Waals surface area contributed by atoms with Crippen LogP contribution < -0.4 is 10.2 Å². The van der Waals surface area contributed by atoms with Crippen LogP contribution in [-0.4, -0.2) is 39.9 Å². The van der Waals surface area contributed by atoms with Crippen molar-refractivity contribution in [2.75, 3.05) is 11.9 Å². The van der Waals surface area contributed by atoms with Crippen LogP contribution in [0.4, 0.5) is 14.6 Å². The molecule has 1 aromatic carbocycles. The number of benzene rings is 1. The molecule has 1 N–H and O–H groups in total. The van der Waals surface area contributed by atoms with Crippen LogP contribution in [0, 0.1) is 11.8 Å². The zero-order valence-electron chi connectivity index (χ0n) is 17.2. The van der Waals surface area contributed by atoms with Gasteiger partial charge in [0, 0.05) is 36.8 Å². The number of fused-ring (bicyclic) bond motifs is 3. The first-order valence-corrected chi connectivity index (χ1v) is 10.1. The van der Waals surface area contributed by atoms with E-state index in [1.54, 1.807) is 19.3 Å². The highest BCUT2D eigenvalue weighted by Crippen LogP contribution is 2.58. The number of hydrogen-bond acceptors (Lipinski definition) is 6. The minimum absolute atomic E-state index is 0.0413. The average molecular weight is 439 g/mol. The number of amides is 2. The molecule has 5 rings (SSSR count). The number of carbonyl (C=O) groups excluding carboxylic acids is 2. The van der Waals surface area contributed by atoms with Gasteiger partial charge in [0.2, 0.25) is 0 Å². The molecule has 1 fully saturated rings. The van der Waals surface area contributed by atoms with E-state index in [9.17, 15) is 18.4 Å². The first-order valence-electron chi connectivity index (χ1n) is 10.1. The maximum absolute atomic E-state index is 14.7. The third-order valence-electron chi connectivity index (χ3n) is 6.20. The molecule has 3 heterocycles. The lowest BCUT2D eigenvalue weighted by atomic mass is 10.1. The van der Waals surface area contributed by atoms with Gasteiger partial charge in [-0.2, -0.15) is 8.78 Å². The van der Waals surface area contributed by atoms with Gasteiger partial charge in [-0.15, -0.1) is 0 Å². The second-order valence-electron chi connectivity index (χ2n) is 8.05. The Labute approximate surface area is 181 Å². The second kappa shape index (κ2) is 7.18. The molecule has 2 aromatic heterocycles. The molecule has 1 aliphatic carbocycles. The fraction of sp³-hybridized carbons (Fsp3) is 0.318. The molecule has 4 atom stereocenters. The van der Waals surface area contributed by atoms with Gasteiger partial charge in [0.25, 0.3) is 11.8 Å². The number of anilines is 1. The third kappa shape index (κ3) is 3.05. The summed E-state index contributed by atoms with van der Waals surface area (Å²) >= 11 is 0. The van der Waals surface area contributed by atoms with Crippen molar-refractivity contribution < 1.29 is 22.8 Å². The van der Waals surface area contributed by atoms with Gasteiger partial charge in [0.05, 0.1) is 11.9 Å². The van der Waals surface area contributed by atoms with Crippen molar-refractivity contribution >= 4 is 17.6 Å². The molecule has 3 aromatic rings. The van der Waals surface area contributed by atoms with Crippen LogP contribution in [0.1, 0.15) is 40.5 Å². The van der Waals surface area contributed by atoms with E-state index in [0.29, 0.717) is 11.5 Å². The quantitative estimate of drug-likeness (QED) is 0.671. The molecule has 2 unspecified atom stereocenters. The van der Waals surface area contributed by atoms with Gasteiger partial charge in [0.15, 0.2) is 11.6 Å². The maximum atomic E-state index is 14.7. The number of rotatable bonds is 4. The second-order valence-corrected chi connectivity index (χ2v) is 8.05. The summed E-state index contributed by atoms with van der Waals surface area (Å²) in [5.41, 5.74) is 0.426. The fourth-order valence-corrected chi connectivity index (χ4v) is 4.42. The zero-order valence-corrected chi connectivity index (χ0v) is 17.2. The van der Waals surface area contributed by atoms with Gasteiger partial charge in [0.1, 0.15) is 6.04 Å². The summed E-state index contributed by atoms with van der Waals surface area (Å²) in [7, 11) is 1.56. The smallest absolute Gasteiger partial charge is 0.331 e. The molecule has 1 saturated carbocycles. The van der Waals surface area contributed by atoms with Gasteiger partial charge in [-0.25, -0.2) is 9.97 Å². The summed E-state index contributed by atoms with van der Waals surface area (Å²) in [5, 5.41) is 2.63. The minimum atomic E-state index is -3.46. The van der Waals surface area contributed by atoms with Crippen LogP contribution in [0.3, 0.4) is 0 Å². The van der Waals surface area contributed by atoms with E-state index < -0.39 is 29.5 Å². The highest BCUT2D eigenvalue weighted by atomic mass is 19.3. The summed E-state index contributed by atoms with van der Waals surface area (Å²) in [6, 6.07) is 6.23. The highest BCUT2D eigenvalue weighted by Gasteiger charge is 2.59. The number of oxazole rings is 1. The average Bonchev–Trinajstić information content (AvgIpc) is 3.22. The van der Waals surface area contributed by atoms with Crippen LogP contribution in [-0.2, 0) is 10.7 Å². The number of nitrogens with zero attached hydrogens (tertiary/aromatic N) is 4. The Morgan fingerprint density at radius 1 is 1.16 bits per heavy atom. The van der Waals surface area contributed by atoms with E-state index >= 15 is 0 Å². The minimum Gasteiger partial charge on any atom is -0.431 e. The molecular formula is C22H19F2N5O3. The lowest BCUT2D eigenvalue weighted by Gasteiger charge is -2.22. The number of likely N-dealkylation sites (N-methyl/N-ethyl adjacent to an activating group) is 1. The largest absolute Gasteiger partial charge is 0.431 e. The van der Waals surface area contributed by atoms with Crippen LogP contribution in [0.15, 0.2) is 53.3 Å². The molecule has 1 aliphatic heterocycles. The number of alkyl halides is 2. The number of halogens is 2. The Hall–Kier alpha value is -3.69. The summed E-state index contributed by atoms with van der Waals surface area (Å²) in [6.07, 6.45) is 3.90. The number of carbonyl (C=O) groups is 2. The Morgan fingerprint density at radius 2 is 1.88 bits per heavy atom. The first kappa shape index (κ1) is 20.2. The van der Waals surface area contributed by atoms with Crippen LogP contribution in [0.25, 0.3) is 0 Å². The lowest BCUT2D eigenvalue weighted by molar-refractivity contribution is -0.120. The van der Waals surface area contributed by atoms with Gasteiger partial charge < -0.3 is 9.73 Å². The van der Waals surface area contributed by atoms with Gasteiger partial charge in [-0.3, -0.25) is 19.5 Å². The Bertz CT molecular complexity index is 1200. The van der Waals surface area contributed by atoms with Crippen molar-refractivity contribution in [2.45, 2.75) is 24.8 Å². The molecule has 2 aliphatic rings. The van der Waals surface area contributed by atoms with E-state index in [-0.39, 0.29) is 29.2 Å². The van der Waals surface area contributed by atoms with Gasteiger partial charge >= 0.3 is 11.8 Å². The van der Waals surface area contributed by atoms with Crippen molar-refractivity contribution in [1.29, 1.82) is 0 Å². The predicted octanol–water partition coefficient (Wildman–Crippen LogP) is 2.73. The van der Waals surface area contributed by atoms with Crippen molar-refractivity contribution in [3.63, 3.8) is 0 Å². The highest BCUT2D eigenvalue weighted by molar-refractivity contribution is 6.02. The SMILES string of the molecule is C[C@H]1C2c3nccnc3N(C)C(=O)[C@@H](NC(=O)c3ncc(C(F)(F)c4ccccc4)o3)C21. The van der Waals surface area contributed by atoms with Crippen molar-refractivity contribution in [3.8, 4) is 0 Å². The van der Waals surface area contributed by atoms with Crippen molar-refractivity contribution in [2.24, 2.45) is 11.8 Å². The monoisotopic (exact) mass is 439 g/mol. The van der Waals surface area contributed by atoms with E-state index in [1.807, 2.05) is 6.92 Å². The van der Waals surface area contributed by atoms with Crippen LogP contribution in [0.2, 0.25) is 0 Å². The zero-order chi connectivity index (χ0) is 22.6. The summed E-state index contributed by atoms with van der Waals surface area (Å²) in [5.74, 6) is -5.63. The van der Waals surface area contributed by atoms with Crippen LogP contribution >= 0.6 is 0 Å². The van der Waals surface area contributed by atoms with E-state index in [1.165, 1.54) is 35.4 Å².